The second-order valence-electron chi connectivity index (χ2n) is 7.93. The number of nitrogens with zero attached hydrogens (tertiary/aromatic N) is 1. The molecule has 0 amide bonds. The van der Waals surface area contributed by atoms with Gasteiger partial charge in [0.1, 0.15) is 6.61 Å². The molecule has 0 atom stereocenters. The number of halogens is 1. The molecule has 154 valence electrons. The third kappa shape index (κ3) is 3.64. The maximum Gasteiger partial charge on any atom is 0.157 e. The first-order valence-corrected chi connectivity index (χ1v) is 11.4. The number of aromatic nitrogens is 1. The van der Waals surface area contributed by atoms with E-state index in [1.54, 1.807) is 0 Å². The maximum atomic E-state index is 6.41. The van der Waals surface area contributed by atoms with E-state index in [2.05, 4.69) is 101 Å². The number of ether oxygens (including phenoxy) is 1. The smallest absolute Gasteiger partial charge is 0.157 e. The average molecular weight is 470 g/mol. The first-order chi connectivity index (χ1) is 15.2. The number of hydrogen-bond acceptors (Lipinski definition) is 1. The van der Waals surface area contributed by atoms with Crippen molar-refractivity contribution >= 4 is 37.7 Å². The van der Waals surface area contributed by atoms with Crippen LogP contribution in [-0.4, -0.2) is 4.57 Å². The van der Waals surface area contributed by atoms with E-state index in [0.717, 1.165) is 27.9 Å². The van der Waals surface area contributed by atoms with Gasteiger partial charge < -0.3 is 9.30 Å². The standard InChI is InChI=1S/C28H24BrNO/c1-3-20-13-14-26-23(17-20)22-11-7-8-12-25(22)30(26)27-16-19(2)15-24(29)28(27)31-18-21-9-5-4-6-10-21/h4-17H,3,18H2,1-2H3. The summed E-state index contributed by atoms with van der Waals surface area (Å²) in [5, 5.41) is 2.54. The van der Waals surface area contributed by atoms with Crippen LogP contribution in [0.5, 0.6) is 5.75 Å². The highest BCUT2D eigenvalue weighted by Gasteiger charge is 2.18. The molecule has 0 saturated carbocycles. The lowest BCUT2D eigenvalue weighted by Gasteiger charge is -2.17. The predicted octanol–water partition coefficient (Wildman–Crippen LogP) is 8.00. The van der Waals surface area contributed by atoms with Crippen LogP contribution in [0.4, 0.5) is 0 Å². The molecule has 4 aromatic carbocycles. The zero-order valence-electron chi connectivity index (χ0n) is 17.7. The Morgan fingerprint density at radius 3 is 2.32 bits per heavy atom. The fraction of sp³-hybridized carbons (Fsp3) is 0.143. The number of aryl methyl sites for hydroxylation is 2. The van der Waals surface area contributed by atoms with E-state index >= 15 is 0 Å². The van der Waals surface area contributed by atoms with Gasteiger partial charge in [-0.25, -0.2) is 0 Å². The zero-order valence-corrected chi connectivity index (χ0v) is 19.3. The van der Waals surface area contributed by atoms with Gasteiger partial charge in [0.2, 0.25) is 0 Å². The van der Waals surface area contributed by atoms with E-state index < -0.39 is 0 Å². The van der Waals surface area contributed by atoms with Gasteiger partial charge in [-0.2, -0.15) is 0 Å². The summed E-state index contributed by atoms with van der Waals surface area (Å²) >= 11 is 3.77. The van der Waals surface area contributed by atoms with Gasteiger partial charge >= 0.3 is 0 Å². The number of rotatable bonds is 5. The molecule has 2 nitrogen and oxygen atoms in total. The highest BCUT2D eigenvalue weighted by atomic mass is 79.9. The van der Waals surface area contributed by atoms with Crippen molar-refractivity contribution in [2.75, 3.05) is 0 Å². The molecule has 5 rings (SSSR count). The minimum atomic E-state index is 0.520. The van der Waals surface area contributed by atoms with E-state index in [4.69, 9.17) is 4.74 Å². The Hall–Kier alpha value is -3.04. The summed E-state index contributed by atoms with van der Waals surface area (Å²) < 4.78 is 9.71. The monoisotopic (exact) mass is 469 g/mol. The van der Waals surface area contributed by atoms with Crippen molar-refractivity contribution in [1.82, 2.24) is 4.57 Å². The third-order valence-electron chi connectivity index (χ3n) is 5.78. The molecule has 3 heteroatoms. The lowest BCUT2D eigenvalue weighted by molar-refractivity contribution is 0.303. The van der Waals surface area contributed by atoms with E-state index in [-0.39, 0.29) is 0 Å². The van der Waals surface area contributed by atoms with E-state index in [1.165, 1.54) is 32.9 Å². The van der Waals surface area contributed by atoms with Crippen molar-refractivity contribution in [3.63, 3.8) is 0 Å². The van der Waals surface area contributed by atoms with Gasteiger partial charge in [0.15, 0.2) is 5.75 Å². The minimum Gasteiger partial charge on any atom is -0.486 e. The summed E-state index contributed by atoms with van der Waals surface area (Å²) in [5.74, 6) is 0.858. The molecule has 0 N–H and O–H groups in total. The molecule has 0 bridgehead atoms. The van der Waals surface area contributed by atoms with Crippen LogP contribution < -0.4 is 4.74 Å². The molecule has 1 aromatic heterocycles. The number of para-hydroxylation sites is 1. The molecule has 0 radical (unpaired) electrons. The van der Waals surface area contributed by atoms with Crippen LogP contribution in [0, 0.1) is 6.92 Å². The van der Waals surface area contributed by atoms with Crippen molar-refractivity contribution in [3.8, 4) is 11.4 Å². The Bertz CT molecular complexity index is 1390. The Kier molecular flexibility index (Phi) is 5.29. The van der Waals surface area contributed by atoms with Crippen molar-refractivity contribution in [3.05, 3.63) is 106 Å². The number of fused-ring (bicyclic) bond motifs is 3. The molecule has 5 aromatic rings. The molecule has 0 aliphatic heterocycles. The molecule has 0 spiro atoms. The van der Waals surface area contributed by atoms with Crippen molar-refractivity contribution in [2.45, 2.75) is 26.9 Å². The molecular formula is C28H24BrNO. The van der Waals surface area contributed by atoms with E-state index in [0.29, 0.717) is 6.61 Å². The highest BCUT2D eigenvalue weighted by molar-refractivity contribution is 9.10. The molecule has 1 heterocycles. The van der Waals surface area contributed by atoms with Crippen LogP contribution >= 0.6 is 15.9 Å². The van der Waals surface area contributed by atoms with Gasteiger partial charge in [0.25, 0.3) is 0 Å². The lowest BCUT2D eigenvalue weighted by atomic mass is 10.1. The fourth-order valence-electron chi connectivity index (χ4n) is 4.25. The second kappa shape index (κ2) is 8.24. The summed E-state index contributed by atoms with van der Waals surface area (Å²) in [4.78, 5) is 0. The Morgan fingerprint density at radius 2 is 1.52 bits per heavy atom. The minimum absolute atomic E-state index is 0.520. The molecule has 0 aliphatic rings. The first kappa shape index (κ1) is 19.9. The predicted molar refractivity (Wildman–Crippen MR) is 133 cm³/mol. The van der Waals surface area contributed by atoms with Gasteiger partial charge in [0, 0.05) is 10.8 Å². The third-order valence-corrected chi connectivity index (χ3v) is 6.37. The Morgan fingerprint density at radius 1 is 0.774 bits per heavy atom. The van der Waals surface area contributed by atoms with Crippen LogP contribution in [0.25, 0.3) is 27.5 Å². The summed E-state index contributed by atoms with van der Waals surface area (Å²) in [7, 11) is 0. The van der Waals surface area contributed by atoms with Crippen LogP contribution in [0.2, 0.25) is 0 Å². The topological polar surface area (TPSA) is 14.2 Å². The second-order valence-corrected chi connectivity index (χ2v) is 8.78. The number of benzene rings is 4. The average Bonchev–Trinajstić information content (AvgIpc) is 3.12. The summed E-state index contributed by atoms with van der Waals surface area (Å²) in [6, 6.07) is 30.0. The van der Waals surface area contributed by atoms with Crippen molar-refractivity contribution < 1.29 is 4.74 Å². The first-order valence-electron chi connectivity index (χ1n) is 10.6. The highest BCUT2D eigenvalue weighted by Crippen LogP contribution is 2.40. The molecule has 31 heavy (non-hydrogen) atoms. The maximum absolute atomic E-state index is 6.41. The van der Waals surface area contributed by atoms with Crippen LogP contribution in [0.1, 0.15) is 23.6 Å². The van der Waals surface area contributed by atoms with Crippen LogP contribution in [-0.2, 0) is 13.0 Å². The van der Waals surface area contributed by atoms with Crippen LogP contribution in [0.15, 0.2) is 89.4 Å². The molecule has 0 saturated heterocycles. The van der Waals surface area contributed by atoms with Gasteiger partial charge in [-0.3, -0.25) is 0 Å². The van der Waals surface area contributed by atoms with Crippen LogP contribution in [0.3, 0.4) is 0 Å². The summed E-state index contributed by atoms with van der Waals surface area (Å²) in [6.45, 7) is 4.85. The molecule has 0 unspecified atom stereocenters. The van der Waals surface area contributed by atoms with E-state index in [1.807, 2.05) is 18.2 Å². The quantitative estimate of drug-likeness (QED) is 0.254. The largest absolute Gasteiger partial charge is 0.486 e. The molecule has 0 aliphatic carbocycles. The zero-order chi connectivity index (χ0) is 21.4. The van der Waals surface area contributed by atoms with Crippen molar-refractivity contribution in [2.24, 2.45) is 0 Å². The van der Waals surface area contributed by atoms with Gasteiger partial charge in [-0.15, -0.1) is 0 Å². The Labute approximate surface area is 191 Å². The Balaban J connectivity index is 1.74. The van der Waals surface area contributed by atoms with Gasteiger partial charge in [-0.05, 0) is 76.3 Å². The fourth-order valence-corrected chi connectivity index (χ4v) is 4.93. The number of hydrogen-bond donors (Lipinski definition) is 0. The summed E-state index contributed by atoms with van der Waals surface area (Å²) in [5.41, 5.74) is 7.12. The van der Waals surface area contributed by atoms with Crippen molar-refractivity contribution in [1.29, 1.82) is 0 Å². The molecule has 0 fully saturated rings. The SMILES string of the molecule is CCc1ccc2c(c1)c1ccccc1n2-c1cc(C)cc(Br)c1OCc1ccccc1. The normalized spacial score (nSPS) is 11.3. The lowest BCUT2D eigenvalue weighted by Crippen LogP contribution is -2.03. The summed E-state index contributed by atoms with van der Waals surface area (Å²) in [6.07, 6.45) is 1.02. The molecular weight excluding hydrogens is 446 g/mol. The van der Waals surface area contributed by atoms with Gasteiger partial charge in [-0.1, -0.05) is 61.5 Å². The van der Waals surface area contributed by atoms with Gasteiger partial charge in [0.05, 0.1) is 21.2 Å². The van der Waals surface area contributed by atoms with E-state index in [9.17, 15) is 0 Å².